The van der Waals surface area contributed by atoms with Crippen LogP contribution < -0.4 is 0 Å². The summed E-state index contributed by atoms with van der Waals surface area (Å²) < 4.78 is 61.5. The molecule has 29 heavy (non-hydrogen) atoms. The van der Waals surface area contributed by atoms with Crippen LogP contribution in [0.1, 0.15) is 50.8 Å². The van der Waals surface area contributed by atoms with Crippen molar-refractivity contribution in [2.45, 2.75) is 64.3 Å². The molecule has 0 N–H and O–H groups in total. The molecule has 1 unspecified atom stereocenters. The Kier molecular flexibility index (Phi) is 8.73. The average Bonchev–Trinajstić information content (AvgIpc) is 2.64. The number of benzene rings is 2. The van der Waals surface area contributed by atoms with Crippen LogP contribution >= 0.6 is 11.6 Å². The van der Waals surface area contributed by atoms with Gasteiger partial charge in [0.1, 0.15) is 23.3 Å². The van der Waals surface area contributed by atoms with E-state index in [0.717, 1.165) is 36.3 Å². The first kappa shape index (κ1) is 23.9. The van der Waals surface area contributed by atoms with Crippen LogP contribution in [-0.2, 0) is 10.8 Å². The number of hydrogen-bond donors (Lipinski definition) is 0. The van der Waals surface area contributed by atoms with E-state index in [1.54, 1.807) is 0 Å². The second-order valence-corrected chi connectivity index (χ2v) is 12.4. The molecule has 0 amide bonds. The third-order valence-electron chi connectivity index (χ3n) is 5.55. The normalized spacial score (nSPS) is 13.0. The van der Waals surface area contributed by atoms with Gasteiger partial charge in [0, 0.05) is 17.7 Å². The van der Waals surface area contributed by atoms with Crippen molar-refractivity contribution in [2.75, 3.05) is 0 Å². The van der Waals surface area contributed by atoms with Gasteiger partial charge in [-0.05, 0) is 61.2 Å². The van der Waals surface area contributed by atoms with Crippen LogP contribution in [0.5, 0.6) is 0 Å². The quantitative estimate of drug-likeness (QED) is 0.265. The molecule has 2 rings (SSSR count). The Morgan fingerprint density at radius 3 is 1.93 bits per heavy atom. The van der Waals surface area contributed by atoms with E-state index in [0.29, 0.717) is 24.8 Å². The molecule has 2 aromatic carbocycles. The lowest BCUT2D eigenvalue weighted by molar-refractivity contribution is 0.172. The van der Waals surface area contributed by atoms with Gasteiger partial charge in [0.15, 0.2) is 8.32 Å². The van der Waals surface area contributed by atoms with Gasteiger partial charge in [-0.25, -0.2) is 17.6 Å². The highest BCUT2D eigenvalue weighted by Crippen LogP contribution is 2.37. The average molecular weight is 447 g/mol. The zero-order chi connectivity index (χ0) is 21.6. The van der Waals surface area contributed by atoms with Crippen molar-refractivity contribution < 1.29 is 22.0 Å². The van der Waals surface area contributed by atoms with Crippen molar-refractivity contribution in [1.82, 2.24) is 0 Å². The van der Waals surface area contributed by atoms with Crippen LogP contribution in [0.25, 0.3) is 0 Å². The third kappa shape index (κ3) is 6.30. The first-order valence-corrected chi connectivity index (χ1v) is 12.9. The third-order valence-corrected chi connectivity index (χ3v) is 10.5. The van der Waals surface area contributed by atoms with E-state index in [-0.39, 0.29) is 10.6 Å². The zero-order valence-corrected chi connectivity index (χ0v) is 18.8. The van der Waals surface area contributed by atoms with Crippen molar-refractivity contribution in [3.8, 4) is 0 Å². The minimum absolute atomic E-state index is 0.00416. The predicted molar refractivity (Wildman–Crippen MR) is 112 cm³/mol. The van der Waals surface area contributed by atoms with Gasteiger partial charge in [-0.1, -0.05) is 32.4 Å². The lowest BCUT2D eigenvalue weighted by Crippen LogP contribution is -2.37. The maximum Gasteiger partial charge on any atom is 0.192 e. The second kappa shape index (κ2) is 10.6. The molecule has 0 heterocycles. The van der Waals surface area contributed by atoms with Gasteiger partial charge in [-0.3, -0.25) is 0 Å². The lowest BCUT2D eigenvalue weighted by Gasteiger charge is -2.34. The topological polar surface area (TPSA) is 9.23 Å². The van der Waals surface area contributed by atoms with E-state index >= 15 is 0 Å². The maximum atomic E-state index is 14.6. The van der Waals surface area contributed by atoms with E-state index in [4.69, 9.17) is 16.0 Å². The summed E-state index contributed by atoms with van der Waals surface area (Å²) in [6, 6.07) is 7.90. The van der Waals surface area contributed by atoms with Crippen LogP contribution in [0.15, 0.2) is 30.3 Å². The van der Waals surface area contributed by atoms with Gasteiger partial charge in [0.25, 0.3) is 0 Å². The van der Waals surface area contributed by atoms with E-state index in [2.05, 4.69) is 20.8 Å². The molecule has 1 atom stereocenters. The minimum atomic E-state index is -2.11. The highest BCUT2D eigenvalue weighted by molar-refractivity contribution is 6.73. The molecule has 160 valence electrons. The molecular weight excluding hydrogens is 420 g/mol. The smallest absolute Gasteiger partial charge is 0.192 e. The SMILES string of the molecule is CC[Si](CC)(CC)OC(CCCc1cc(F)cc(F)c1)c1c(F)cc(F)cc1Cl. The van der Waals surface area contributed by atoms with Crippen molar-refractivity contribution in [3.63, 3.8) is 0 Å². The summed E-state index contributed by atoms with van der Waals surface area (Å²) in [7, 11) is -2.11. The van der Waals surface area contributed by atoms with E-state index in [1.807, 2.05) is 0 Å². The summed E-state index contributed by atoms with van der Waals surface area (Å²) >= 11 is 6.18. The van der Waals surface area contributed by atoms with E-state index in [9.17, 15) is 17.6 Å². The fourth-order valence-electron chi connectivity index (χ4n) is 3.67. The molecule has 1 nitrogen and oxygen atoms in total. The van der Waals surface area contributed by atoms with Crippen LogP contribution in [0.4, 0.5) is 17.6 Å². The highest BCUT2D eigenvalue weighted by atomic mass is 35.5. The molecule has 2 aromatic rings. The molecule has 0 aromatic heterocycles. The van der Waals surface area contributed by atoms with Gasteiger partial charge < -0.3 is 4.43 Å². The summed E-state index contributed by atoms with van der Waals surface area (Å²) in [6.07, 6.45) is 0.707. The standard InChI is InChI=1S/C22H27ClF4OSi/c1-4-29(5-2,6-3)28-21(22-19(23)13-18(26)14-20(22)27)9-7-8-15-10-16(24)12-17(25)11-15/h10-14,21H,4-9H2,1-3H3. The molecule has 7 heteroatoms. The summed E-state index contributed by atoms with van der Waals surface area (Å²) in [5.74, 6) is -2.73. The van der Waals surface area contributed by atoms with Gasteiger partial charge in [-0.2, -0.15) is 0 Å². The molecular formula is C22H27ClF4OSi. The first-order valence-electron chi connectivity index (χ1n) is 10.0. The van der Waals surface area contributed by atoms with Crippen molar-refractivity contribution in [2.24, 2.45) is 0 Å². The van der Waals surface area contributed by atoms with Crippen molar-refractivity contribution >= 4 is 19.9 Å². The number of rotatable bonds is 10. The monoisotopic (exact) mass is 446 g/mol. The summed E-state index contributed by atoms with van der Waals surface area (Å²) in [5.41, 5.74) is 0.683. The molecule has 0 bridgehead atoms. The molecule has 0 saturated carbocycles. The number of aryl methyl sites for hydroxylation is 1. The minimum Gasteiger partial charge on any atom is -0.410 e. The Bertz CT molecular complexity index is 775. The van der Waals surface area contributed by atoms with Crippen molar-refractivity contribution in [3.05, 3.63) is 69.8 Å². The molecule has 0 aliphatic rings. The van der Waals surface area contributed by atoms with Crippen LogP contribution in [0.3, 0.4) is 0 Å². The Balaban J connectivity index is 2.27. The summed E-state index contributed by atoms with van der Waals surface area (Å²) in [5, 5.41) is -0.00416. The molecule has 0 spiro atoms. The molecule has 0 aliphatic carbocycles. The molecule has 0 fully saturated rings. The fourth-order valence-corrected chi connectivity index (χ4v) is 6.83. The van der Waals surface area contributed by atoms with Crippen LogP contribution in [0.2, 0.25) is 23.2 Å². The van der Waals surface area contributed by atoms with E-state index in [1.165, 1.54) is 12.1 Å². The van der Waals surface area contributed by atoms with Gasteiger partial charge in [0.2, 0.25) is 0 Å². The Morgan fingerprint density at radius 1 is 0.862 bits per heavy atom. The Labute approximate surface area is 176 Å². The fraction of sp³-hybridized carbons (Fsp3) is 0.455. The first-order chi connectivity index (χ1) is 13.7. The predicted octanol–water partition coefficient (Wildman–Crippen LogP) is 7.98. The second-order valence-electron chi connectivity index (χ2n) is 7.30. The van der Waals surface area contributed by atoms with Crippen molar-refractivity contribution in [1.29, 1.82) is 0 Å². The van der Waals surface area contributed by atoms with E-state index < -0.39 is 37.7 Å². The Morgan fingerprint density at radius 2 is 1.41 bits per heavy atom. The van der Waals surface area contributed by atoms with Crippen LogP contribution in [0, 0.1) is 23.3 Å². The Hall–Kier alpha value is -1.37. The summed E-state index contributed by atoms with van der Waals surface area (Å²) in [4.78, 5) is 0. The van der Waals surface area contributed by atoms with Gasteiger partial charge >= 0.3 is 0 Å². The zero-order valence-electron chi connectivity index (χ0n) is 17.0. The number of hydrogen-bond acceptors (Lipinski definition) is 1. The maximum absolute atomic E-state index is 14.6. The number of halogens is 5. The van der Waals surface area contributed by atoms with Gasteiger partial charge in [0.05, 0.1) is 11.1 Å². The highest BCUT2D eigenvalue weighted by Gasteiger charge is 2.34. The largest absolute Gasteiger partial charge is 0.410 e. The van der Waals surface area contributed by atoms with Gasteiger partial charge in [-0.15, -0.1) is 0 Å². The van der Waals surface area contributed by atoms with Crippen LogP contribution in [-0.4, -0.2) is 8.32 Å². The molecule has 0 saturated heterocycles. The lowest BCUT2D eigenvalue weighted by atomic mass is 10.0. The molecule has 0 radical (unpaired) electrons. The molecule has 0 aliphatic heterocycles. The summed E-state index contributed by atoms with van der Waals surface area (Å²) in [6.45, 7) is 6.19.